The van der Waals surface area contributed by atoms with Crippen LogP contribution in [0.2, 0.25) is 0 Å². The van der Waals surface area contributed by atoms with Crippen molar-refractivity contribution in [2.75, 3.05) is 6.61 Å². The molecule has 3 nitrogen and oxygen atoms in total. The van der Waals surface area contributed by atoms with Gasteiger partial charge in [-0.05, 0) is 38.3 Å². The molecule has 1 saturated heterocycles. The van der Waals surface area contributed by atoms with Gasteiger partial charge in [-0.1, -0.05) is 19.1 Å². The number of nitrogens with zero attached hydrogens (tertiary/aromatic N) is 1. The van der Waals surface area contributed by atoms with Crippen LogP contribution in [-0.4, -0.2) is 23.2 Å². The number of hydrogen-bond donors (Lipinski definition) is 1. The lowest BCUT2D eigenvalue weighted by molar-refractivity contribution is -0.0781. The van der Waals surface area contributed by atoms with E-state index in [1.165, 1.54) is 9.71 Å². The lowest BCUT2D eigenvalue weighted by atomic mass is 9.90. The number of nitrogens with one attached hydrogen (secondary N) is 1. The average molecular weight is 290 g/mol. The van der Waals surface area contributed by atoms with Crippen LogP contribution in [0, 0.1) is 0 Å². The average Bonchev–Trinajstić information content (AvgIpc) is 2.88. The van der Waals surface area contributed by atoms with E-state index in [9.17, 15) is 0 Å². The standard InChI is InChI=1S/C16H22N2OS/c1-3-16(2)10-12(8-9-19-16)17-11-15-18-13-6-4-5-7-14(13)20-15/h4-7,12,17H,3,8-11H2,1-2H3. The minimum Gasteiger partial charge on any atom is -0.375 e. The molecule has 1 aliphatic rings. The number of thiazole rings is 1. The summed E-state index contributed by atoms with van der Waals surface area (Å²) >= 11 is 1.79. The number of benzene rings is 1. The van der Waals surface area contributed by atoms with Gasteiger partial charge in [0, 0.05) is 19.2 Å². The minimum absolute atomic E-state index is 0.0451. The van der Waals surface area contributed by atoms with Gasteiger partial charge < -0.3 is 10.1 Å². The molecular formula is C16H22N2OS. The second-order valence-electron chi connectivity index (χ2n) is 5.80. The molecule has 108 valence electrons. The molecule has 0 bridgehead atoms. The molecule has 3 rings (SSSR count). The van der Waals surface area contributed by atoms with Crippen LogP contribution in [0.15, 0.2) is 24.3 Å². The molecule has 1 aromatic heterocycles. The summed E-state index contributed by atoms with van der Waals surface area (Å²) in [6.45, 7) is 6.15. The van der Waals surface area contributed by atoms with Crippen LogP contribution >= 0.6 is 11.3 Å². The number of para-hydroxylation sites is 1. The van der Waals surface area contributed by atoms with Crippen molar-refractivity contribution in [2.24, 2.45) is 0 Å². The van der Waals surface area contributed by atoms with Gasteiger partial charge in [0.15, 0.2) is 0 Å². The second-order valence-corrected chi connectivity index (χ2v) is 6.91. The minimum atomic E-state index is 0.0451. The fourth-order valence-corrected chi connectivity index (χ4v) is 3.70. The zero-order valence-electron chi connectivity index (χ0n) is 12.2. The molecule has 4 heteroatoms. The Kier molecular flexibility index (Phi) is 4.06. The van der Waals surface area contributed by atoms with E-state index in [1.807, 2.05) is 6.07 Å². The Hall–Kier alpha value is -0.970. The van der Waals surface area contributed by atoms with E-state index in [2.05, 4.69) is 42.3 Å². The zero-order valence-corrected chi connectivity index (χ0v) is 13.0. The summed E-state index contributed by atoms with van der Waals surface area (Å²) in [5.74, 6) is 0. The molecule has 20 heavy (non-hydrogen) atoms. The van der Waals surface area contributed by atoms with Crippen molar-refractivity contribution < 1.29 is 4.74 Å². The van der Waals surface area contributed by atoms with Crippen LogP contribution < -0.4 is 5.32 Å². The van der Waals surface area contributed by atoms with Crippen molar-refractivity contribution >= 4 is 21.6 Å². The molecule has 0 saturated carbocycles. The summed E-state index contributed by atoms with van der Waals surface area (Å²) < 4.78 is 7.16. The SMILES string of the molecule is CCC1(C)CC(NCc2nc3ccccc3s2)CCO1. The lowest BCUT2D eigenvalue weighted by Gasteiger charge is -2.38. The summed E-state index contributed by atoms with van der Waals surface area (Å²) in [5, 5.41) is 4.83. The summed E-state index contributed by atoms with van der Waals surface area (Å²) in [5.41, 5.74) is 1.16. The molecule has 2 unspecified atom stereocenters. The van der Waals surface area contributed by atoms with E-state index in [0.717, 1.165) is 37.9 Å². The Morgan fingerprint density at radius 3 is 3.10 bits per heavy atom. The fraction of sp³-hybridized carbons (Fsp3) is 0.562. The van der Waals surface area contributed by atoms with E-state index in [-0.39, 0.29) is 5.60 Å². The van der Waals surface area contributed by atoms with E-state index >= 15 is 0 Å². The number of ether oxygens (including phenoxy) is 1. The Labute approximate surface area is 124 Å². The molecule has 2 heterocycles. The third-order valence-electron chi connectivity index (χ3n) is 4.22. The highest BCUT2D eigenvalue weighted by Gasteiger charge is 2.31. The monoisotopic (exact) mass is 290 g/mol. The predicted octanol–water partition coefficient (Wildman–Crippen LogP) is 3.73. The third kappa shape index (κ3) is 3.03. The Bertz CT molecular complexity index is 550. The zero-order chi connectivity index (χ0) is 14.0. The Morgan fingerprint density at radius 2 is 2.30 bits per heavy atom. The van der Waals surface area contributed by atoms with E-state index < -0.39 is 0 Å². The lowest BCUT2D eigenvalue weighted by Crippen LogP contribution is -2.44. The molecule has 0 radical (unpaired) electrons. The van der Waals surface area contributed by atoms with Crippen molar-refractivity contribution in [3.8, 4) is 0 Å². The first-order chi connectivity index (χ1) is 9.68. The second kappa shape index (κ2) is 5.80. The van der Waals surface area contributed by atoms with Gasteiger partial charge in [-0.25, -0.2) is 4.98 Å². The molecule has 1 fully saturated rings. The summed E-state index contributed by atoms with van der Waals surface area (Å²) in [6, 6.07) is 8.88. The van der Waals surface area contributed by atoms with Crippen LogP contribution in [0.25, 0.3) is 10.2 Å². The highest BCUT2D eigenvalue weighted by molar-refractivity contribution is 7.18. The van der Waals surface area contributed by atoms with Crippen molar-refractivity contribution in [1.82, 2.24) is 10.3 Å². The van der Waals surface area contributed by atoms with Crippen LogP contribution in [0.4, 0.5) is 0 Å². The quantitative estimate of drug-likeness (QED) is 0.931. The van der Waals surface area contributed by atoms with E-state index in [4.69, 9.17) is 4.74 Å². The van der Waals surface area contributed by atoms with Crippen LogP contribution in [0.1, 0.15) is 38.1 Å². The number of fused-ring (bicyclic) bond motifs is 1. The highest BCUT2D eigenvalue weighted by atomic mass is 32.1. The smallest absolute Gasteiger partial charge is 0.108 e. The van der Waals surface area contributed by atoms with E-state index in [1.54, 1.807) is 11.3 Å². The predicted molar refractivity (Wildman–Crippen MR) is 84.1 cm³/mol. The van der Waals surface area contributed by atoms with Crippen LogP contribution in [0.5, 0.6) is 0 Å². The number of rotatable bonds is 4. The largest absolute Gasteiger partial charge is 0.375 e. The van der Waals surface area contributed by atoms with Gasteiger partial charge in [0.2, 0.25) is 0 Å². The third-order valence-corrected chi connectivity index (χ3v) is 5.26. The first-order valence-corrected chi connectivity index (χ1v) is 8.22. The molecule has 1 aromatic carbocycles. The van der Waals surface area contributed by atoms with Gasteiger partial charge in [-0.15, -0.1) is 11.3 Å². The molecule has 2 atom stereocenters. The Balaban J connectivity index is 1.61. The van der Waals surface area contributed by atoms with Gasteiger partial charge in [0.05, 0.1) is 15.8 Å². The van der Waals surface area contributed by atoms with Gasteiger partial charge in [0.25, 0.3) is 0 Å². The molecule has 0 spiro atoms. The maximum atomic E-state index is 5.89. The van der Waals surface area contributed by atoms with Crippen molar-refractivity contribution in [3.63, 3.8) is 0 Å². The summed E-state index contributed by atoms with van der Waals surface area (Å²) in [7, 11) is 0. The normalized spacial score (nSPS) is 27.0. The van der Waals surface area contributed by atoms with Gasteiger partial charge in [0.1, 0.15) is 5.01 Å². The van der Waals surface area contributed by atoms with Crippen molar-refractivity contribution in [2.45, 2.75) is 51.3 Å². The molecule has 1 N–H and O–H groups in total. The topological polar surface area (TPSA) is 34.2 Å². The molecule has 0 amide bonds. The summed E-state index contributed by atoms with van der Waals surface area (Å²) in [4.78, 5) is 4.68. The maximum Gasteiger partial charge on any atom is 0.108 e. The fourth-order valence-electron chi connectivity index (χ4n) is 2.78. The maximum absolute atomic E-state index is 5.89. The molecular weight excluding hydrogens is 268 g/mol. The van der Waals surface area contributed by atoms with Gasteiger partial charge in [-0.2, -0.15) is 0 Å². The molecule has 1 aliphatic heterocycles. The first kappa shape index (κ1) is 14.0. The number of hydrogen-bond acceptors (Lipinski definition) is 4. The van der Waals surface area contributed by atoms with Crippen molar-refractivity contribution in [3.05, 3.63) is 29.3 Å². The van der Waals surface area contributed by atoms with Gasteiger partial charge in [-0.3, -0.25) is 0 Å². The number of aromatic nitrogens is 1. The summed E-state index contributed by atoms with van der Waals surface area (Å²) in [6.07, 6.45) is 3.27. The Morgan fingerprint density at radius 1 is 1.45 bits per heavy atom. The van der Waals surface area contributed by atoms with Crippen LogP contribution in [-0.2, 0) is 11.3 Å². The highest BCUT2D eigenvalue weighted by Crippen LogP contribution is 2.28. The van der Waals surface area contributed by atoms with E-state index in [0.29, 0.717) is 6.04 Å². The first-order valence-electron chi connectivity index (χ1n) is 7.40. The van der Waals surface area contributed by atoms with Gasteiger partial charge >= 0.3 is 0 Å². The van der Waals surface area contributed by atoms with Crippen LogP contribution in [0.3, 0.4) is 0 Å². The molecule has 2 aromatic rings. The van der Waals surface area contributed by atoms with Crippen molar-refractivity contribution in [1.29, 1.82) is 0 Å². The molecule has 0 aliphatic carbocycles.